The van der Waals surface area contributed by atoms with Crippen LogP contribution in [0.25, 0.3) is 0 Å². The van der Waals surface area contributed by atoms with Crippen LogP contribution in [0.15, 0.2) is 10.4 Å². The SMILES string of the molecule is Cc1ncc(S(=O)(=O)NCCCC(C)CCl)s1. The first-order chi connectivity index (χ1) is 7.95. The monoisotopic (exact) mass is 296 g/mol. The first-order valence-electron chi connectivity index (χ1n) is 5.43. The van der Waals surface area contributed by atoms with Gasteiger partial charge in [0, 0.05) is 12.4 Å². The van der Waals surface area contributed by atoms with E-state index in [-0.39, 0.29) is 4.21 Å². The zero-order valence-corrected chi connectivity index (χ0v) is 12.3. The van der Waals surface area contributed by atoms with E-state index in [4.69, 9.17) is 11.6 Å². The Bertz CT molecular complexity index is 445. The van der Waals surface area contributed by atoms with Gasteiger partial charge >= 0.3 is 0 Å². The fraction of sp³-hybridized carbons (Fsp3) is 0.700. The van der Waals surface area contributed by atoms with Gasteiger partial charge in [0.05, 0.1) is 11.2 Å². The molecule has 0 amide bonds. The Kier molecular flexibility index (Phi) is 5.85. The Morgan fingerprint density at radius 2 is 2.29 bits per heavy atom. The van der Waals surface area contributed by atoms with E-state index in [1.165, 1.54) is 17.5 Å². The number of hydrogen-bond acceptors (Lipinski definition) is 4. The third-order valence-electron chi connectivity index (χ3n) is 2.29. The summed E-state index contributed by atoms with van der Waals surface area (Å²) in [4.78, 5) is 3.93. The Balaban J connectivity index is 2.41. The lowest BCUT2D eigenvalue weighted by atomic mass is 10.1. The molecule has 1 aromatic rings. The van der Waals surface area contributed by atoms with Crippen molar-refractivity contribution in [3.8, 4) is 0 Å². The Morgan fingerprint density at radius 1 is 1.59 bits per heavy atom. The molecular weight excluding hydrogens is 280 g/mol. The van der Waals surface area contributed by atoms with Gasteiger partial charge in [-0.15, -0.1) is 22.9 Å². The molecule has 0 aliphatic heterocycles. The lowest BCUT2D eigenvalue weighted by molar-refractivity contribution is 0.544. The maximum Gasteiger partial charge on any atom is 0.251 e. The highest BCUT2D eigenvalue weighted by Crippen LogP contribution is 2.17. The van der Waals surface area contributed by atoms with Crippen molar-refractivity contribution in [1.29, 1.82) is 0 Å². The van der Waals surface area contributed by atoms with Crippen LogP contribution < -0.4 is 4.72 Å². The standard InChI is InChI=1S/C10H17ClN2O2S2/c1-8(6-11)4-3-5-13-17(14,15)10-7-12-9(2)16-10/h7-8,13H,3-6H2,1-2H3. The van der Waals surface area contributed by atoms with Gasteiger partial charge < -0.3 is 0 Å². The number of rotatable bonds is 7. The summed E-state index contributed by atoms with van der Waals surface area (Å²) in [6.07, 6.45) is 3.11. The predicted molar refractivity (Wildman–Crippen MR) is 71.2 cm³/mol. The molecule has 0 fully saturated rings. The number of aromatic nitrogens is 1. The second-order valence-corrected chi connectivity index (χ2v) is 7.53. The highest BCUT2D eigenvalue weighted by molar-refractivity contribution is 7.91. The Hall–Kier alpha value is -0.170. The fourth-order valence-corrected chi connectivity index (χ4v) is 3.65. The second-order valence-electron chi connectivity index (χ2n) is 4.00. The molecule has 1 N–H and O–H groups in total. The number of alkyl halides is 1. The van der Waals surface area contributed by atoms with Crippen molar-refractivity contribution in [2.75, 3.05) is 12.4 Å². The third kappa shape index (κ3) is 4.91. The molecule has 98 valence electrons. The number of thiazole rings is 1. The molecule has 0 aromatic carbocycles. The van der Waals surface area contributed by atoms with Gasteiger partial charge in [-0.05, 0) is 25.7 Å². The summed E-state index contributed by atoms with van der Waals surface area (Å²) in [5.41, 5.74) is 0. The van der Waals surface area contributed by atoms with Crippen LogP contribution in [-0.4, -0.2) is 25.8 Å². The summed E-state index contributed by atoms with van der Waals surface area (Å²) in [6, 6.07) is 0. The number of hydrogen-bond donors (Lipinski definition) is 1. The summed E-state index contributed by atoms with van der Waals surface area (Å²) < 4.78 is 26.4. The molecule has 1 heterocycles. The first-order valence-corrected chi connectivity index (χ1v) is 8.27. The summed E-state index contributed by atoms with van der Waals surface area (Å²) in [5, 5.41) is 0.751. The molecule has 0 saturated carbocycles. The van der Waals surface area contributed by atoms with Crippen molar-refractivity contribution in [2.45, 2.75) is 30.9 Å². The van der Waals surface area contributed by atoms with Gasteiger partial charge in [-0.3, -0.25) is 0 Å². The minimum absolute atomic E-state index is 0.278. The van der Waals surface area contributed by atoms with Crippen molar-refractivity contribution in [3.05, 3.63) is 11.2 Å². The molecule has 1 unspecified atom stereocenters. The largest absolute Gasteiger partial charge is 0.251 e. The van der Waals surface area contributed by atoms with E-state index in [0.29, 0.717) is 18.3 Å². The molecule has 0 spiro atoms. The summed E-state index contributed by atoms with van der Waals surface area (Å²) in [6.45, 7) is 4.28. The predicted octanol–water partition coefficient (Wildman–Crippen LogP) is 2.38. The zero-order valence-electron chi connectivity index (χ0n) is 9.94. The summed E-state index contributed by atoms with van der Waals surface area (Å²) in [5.74, 6) is 1.03. The van der Waals surface area contributed by atoms with Crippen LogP contribution in [0.1, 0.15) is 24.8 Å². The molecule has 0 saturated heterocycles. The maximum atomic E-state index is 11.8. The van der Waals surface area contributed by atoms with E-state index in [1.807, 2.05) is 6.92 Å². The van der Waals surface area contributed by atoms with Crippen molar-refractivity contribution in [1.82, 2.24) is 9.71 Å². The van der Waals surface area contributed by atoms with Crippen LogP contribution >= 0.6 is 22.9 Å². The van der Waals surface area contributed by atoms with Crippen molar-refractivity contribution >= 4 is 33.0 Å². The summed E-state index contributed by atoms with van der Waals surface area (Å²) >= 11 is 6.86. The molecule has 4 nitrogen and oxygen atoms in total. The van der Waals surface area contributed by atoms with Gasteiger partial charge in [0.15, 0.2) is 4.21 Å². The Morgan fingerprint density at radius 3 is 2.82 bits per heavy atom. The first kappa shape index (κ1) is 14.9. The normalized spacial score (nSPS) is 13.8. The van der Waals surface area contributed by atoms with Gasteiger partial charge in [0.25, 0.3) is 10.0 Å². The molecule has 0 aliphatic carbocycles. The average molecular weight is 297 g/mol. The van der Waals surface area contributed by atoms with Crippen LogP contribution in [0.4, 0.5) is 0 Å². The van der Waals surface area contributed by atoms with Crippen LogP contribution in [0.2, 0.25) is 0 Å². The van der Waals surface area contributed by atoms with E-state index >= 15 is 0 Å². The maximum absolute atomic E-state index is 11.8. The third-order valence-corrected chi connectivity index (χ3v) is 5.66. The van der Waals surface area contributed by atoms with Crippen LogP contribution in [0, 0.1) is 12.8 Å². The van der Waals surface area contributed by atoms with Crippen LogP contribution in [0.3, 0.4) is 0 Å². The molecule has 0 bridgehead atoms. The lowest BCUT2D eigenvalue weighted by Crippen LogP contribution is -2.24. The number of sulfonamides is 1. The van der Waals surface area contributed by atoms with E-state index in [1.54, 1.807) is 6.92 Å². The number of aryl methyl sites for hydroxylation is 1. The molecule has 1 atom stereocenters. The lowest BCUT2D eigenvalue weighted by Gasteiger charge is -2.07. The van der Waals surface area contributed by atoms with Crippen molar-refractivity contribution in [2.24, 2.45) is 5.92 Å². The van der Waals surface area contributed by atoms with E-state index in [2.05, 4.69) is 9.71 Å². The smallest absolute Gasteiger partial charge is 0.249 e. The second kappa shape index (κ2) is 6.68. The van der Waals surface area contributed by atoms with Crippen molar-refractivity contribution in [3.63, 3.8) is 0 Å². The van der Waals surface area contributed by atoms with Gasteiger partial charge in [0.1, 0.15) is 0 Å². The van der Waals surface area contributed by atoms with E-state index in [9.17, 15) is 8.42 Å². The zero-order chi connectivity index (χ0) is 12.9. The molecule has 17 heavy (non-hydrogen) atoms. The molecule has 7 heteroatoms. The number of nitrogens with zero attached hydrogens (tertiary/aromatic N) is 1. The average Bonchev–Trinajstić information content (AvgIpc) is 2.71. The minimum atomic E-state index is -3.37. The fourth-order valence-electron chi connectivity index (χ4n) is 1.27. The number of halogens is 1. The van der Waals surface area contributed by atoms with Gasteiger partial charge in [-0.1, -0.05) is 6.92 Å². The molecule has 0 radical (unpaired) electrons. The molecule has 1 rings (SSSR count). The molecular formula is C10H17ClN2O2S2. The van der Waals surface area contributed by atoms with Gasteiger partial charge in [0.2, 0.25) is 0 Å². The Labute approximate surface area is 111 Å². The van der Waals surface area contributed by atoms with E-state index < -0.39 is 10.0 Å². The molecule has 1 aromatic heterocycles. The van der Waals surface area contributed by atoms with Crippen molar-refractivity contribution < 1.29 is 8.42 Å². The van der Waals surface area contributed by atoms with Gasteiger partial charge in [-0.2, -0.15) is 0 Å². The topological polar surface area (TPSA) is 59.1 Å². The quantitative estimate of drug-likeness (QED) is 0.621. The minimum Gasteiger partial charge on any atom is -0.249 e. The van der Waals surface area contributed by atoms with Crippen LogP contribution in [0.5, 0.6) is 0 Å². The molecule has 0 aliphatic rings. The van der Waals surface area contributed by atoms with Gasteiger partial charge in [-0.25, -0.2) is 18.1 Å². The highest BCUT2D eigenvalue weighted by Gasteiger charge is 2.16. The summed E-state index contributed by atoms with van der Waals surface area (Å²) in [7, 11) is -3.37. The van der Waals surface area contributed by atoms with Crippen LogP contribution in [-0.2, 0) is 10.0 Å². The van der Waals surface area contributed by atoms with E-state index in [0.717, 1.165) is 17.8 Å². The number of nitrogens with one attached hydrogen (secondary N) is 1. The highest BCUT2D eigenvalue weighted by atomic mass is 35.5.